The molecular formula is C26H29FN6O3. The zero-order valence-corrected chi connectivity index (χ0v) is 20.2. The van der Waals surface area contributed by atoms with Gasteiger partial charge in [-0.05, 0) is 61.1 Å². The van der Waals surface area contributed by atoms with Crippen LogP contribution >= 0.6 is 0 Å². The summed E-state index contributed by atoms with van der Waals surface area (Å²) in [5, 5.41) is 8.78. The van der Waals surface area contributed by atoms with Crippen molar-refractivity contribution in [3.05, 3.63) is 35.9 Å². The number of fused-ring (bicyclic) bond motifs is 2. The van der Waals surface area contributed by atoms with Crippen LogP contribution in [0.5, 0.6) is 5.88 Å². The predicted molar refractivity (Wildman–Crippen MR) is 135 cm³/mol. The Morgan fingerprint density at radius 3 is 2.75 bits per heavy atom. The van der Waals surface area contributed by atoms with Gasteiger partial charge in [-0.3, -0.25) is 5.32 Å². The Hall–Kier alpha value is -3.66. The van der Waals surface area contributed by atoms with Crippen molar-refractivity contribution in [3.63, 3.8) is 0 Å². The highest BCUT2D eigenvalue weighted by molar-refractivity contribution is 5.99. The van der Waals surface area contributed by atoms with Crippen LogP contribution in [0.2, 0.25) is 0 Å². The summed E-state index contributed by atoms with van der Waals surface area (Å²) in [7, 11) is 0. The van der Waals surface area contributed by atoms with Crippen molar-refractivity contribution in [1.29, 1.82) is 0 Å². The molecule has 2 aromatic heterocycles. The molecule has 1 spiro atoms. The molecule has 4 N–H and O–H groups in total. The van der Waals surface area contributed by atoms with Gasteiger partial charge in [0.2, 0.25) is 5.88 Å². The normalized spacial score (nSPS) is 18.6. The van der Waals surface area contributed by atoms with Gasteiger partial charge in [0, 0.05) is 48.5 Å². The summed E-state index contributed by atoms with van der Waals surface area (Å²) in [4.78, 5) is 26.6. The van der Waals surface area contributed by atoms with Gasteiger partial charge in [0.05, 0.1) is 5.69 Å². The molecule has 2 aliphatic heterocycles. The van der Waals surface area contributed by atoms with Gasteiger partial charge in [-0.15, -0.1) is 5.06 Å². The number of amides is 1. The van der Waals surface area contributed by atoms with Gasteiger partial charge in [0.25, 0.3) is 0 Å². The number of piperidine rings is 1. The summed E-state index contributed by atoms with van der Waals surface area (Å²) >= 11 is 0. The highest BCUT2D eigenvalue weighted by Gasteiger charge is 2.40. The third kappa shape index (κ3) is 3.95. The van der Waals surface area contributed by atoms with Gasteiger partial charge in [0.1, 0.15) is 18.1 Å². The maximum Gasteiger partial charge on any atom is 0.431 e. The fourth-order valence-corrected chi connectivity index (χ4v) is 5.53. The molecule has 1 saturated carbocycles. The molecule has 0 bridgehead atoms. The number of nitrogens with zero attached hydrogens (tertiary/aromatic N) is 3. The second-order valence-electron chi connectivity index (χ2n) is 9.98. The second-order valence-corrected chi connectivity index (χ2v) is 9.98. The molecule has 1 aromatic carbocycles. The zero-order chi connectivity index (χ0) is 24.9. The van der Waals surface area contributed by atoms with Gasteiger partial charge in [0.15, 0.2) is 5.82 Å². The molecule has 1 aliphatic carbocycles. The van der Waals surface area contributed by atoms with Crippen LogP contribution in [0.15, 0.2) is 24.5 Å². The van der Waals surface area contributed by atoms with Gasteiger partial charge in [-0.2, -0.15) is 0 Å². The smallest absolute Gasteiger partial charge is 0.431 e. The van der Waals surface area contributed by atoms with Crippen LogP contribution in [-0.4, -0.2) is 47.4 Å². The molecule has 1 amide bonds. The summed E-state index contributed by atoms with van der Waals surface area (Å²) in [6, 6.07) is 3.36. The number of pyridine rings is 2. The van der Waals surface area contributed by atoms with Crippen molar-refractivity contribution in [2.45, 2.75) is 39.0 Å². The first-order chi connectivity index (χ1) is 17.4. The number of nitrogen functional groups attached to an aromatic ring is 1. The van der Waals surface area contributed by atoms with Crippen molar-refractivity contribution in [2.75, 3.05) is 42.6 Å². The van der Waals surface area contributed by atoms with Crippen LogP contribution in [0.25, 0.3) is 21.9 Å². The molecule has 6 rings (SSSR count). The van der Waals surface area contributed by atoms with E-state index in [1.807, 2.05) is 6.92 Å². The number of halogens is 1. The summed E-state index contributed by atoms with van der Waals surface area (Å²) in [6.45, 7) is 4.55. The Balaban J connectivity index is 1.24. The van der Waals surface area contributed by atoms with E-state index in [1.165, 1.54) is 25.5 Å². The number of nitrogens with one attached hydrogen (secondary N) is 2. The third-order valence-electron chi connectivity index (χ3n) is 7.87. The lowest BCUT2D eigenvalue weighted by Crippen LogP contribution is -2.44. The SMILES string of the molecule is Cc1c(-c2cc3cc(NC(=O)ON4CCC5(CCC5)CC4)ncc3c(N)c2F)cnc2c1NCCO2. The van der Waals surface area contributed by atoms with Gasteiger partial charge in [-0.1, -0.05) is 6.42 Å². The number of carbonyl (C=O) groups is 1. The molecule has 3 aromatic rings. The average Bonchev–Trinajstić information content (AvgIpc) is 2.86. The Morgan fingerprint density at radius 1 is 1.19 bits per heavy atom. The highest BCUT2D eigenvalue weighted by Crippen LogP contribution is 2.48. The van der Waals surface area contributed by atoms with Crippen LogP contribution in [0.3, 0.4) is 0 Å². The van der Waals surface area contributed by atoms with Crippen molar-refractivity contribution >= 4 is 34.1 Å². The van der Waals surface area contributed by atoms with E-state index >= 15 is 4.39 Å². The Kier molecular flexibility index (Phi) is 5.55. The van der Waals surface area contributed by atoms with Crippen molar-refractivity contribution in [2.24, 2.45) is 5.41 Å². The van der Waals surface area contributed by atoms with Crippen molar-refractivity contribution < 1.29 is 18.8 Å². The molecule has 188 valence electrons. The molecule has 4 heterocycles. The second kappa shape index (κ2) is 8.77. The molecule has 9 nitrogen and oxygen atoms in total. The molecular weight excluding hydrogens is 463 g/mol. The monoisotopic (exact) mass is 492 g/mol. The summed E-state index contributed by atoms with van der Waals surface area (Å²) in [5.74, 6) is 0.259. The minimum Gasteiger partial charge on any atom is -0.474 e. The number of anilines is 3. The highest BCUT2D eigenvalue weighted by atomic mass is 19.1. The molecule has 0 unspecified atom stereocenters. The number of carbonyl (C=O) groups excluding carboxylic acids is 1. The molecule has 10 heteroatoms. The molecule has 0 radical (unpaired) electrons. The van der Waals surface area contributed by atoms with E-state index in [4.69, 9.17) is 15.3 Å². The molecule has 2 fully saturated rings. The van der Waals surface area contributed by atoms with E-state index in [0.29, 0.717) is 52.2 Å². The van der Waals surface area contributed by atoms with Crippen molar-refractivity contribution in [1.82, 2.24) is 15.0 Å². The topological polar surface area (TPSA) is 115 Å². The van der Waals surface area contributed by atoms with E-state index in [0.717, 1.165) is 37.2 Å². The Bertz CT molecular complexity index is 1350. The van der Waals surface area contributed by atoms with E-state index in [2.05, 4.69) is 20.6 Å². The van der Waals surface area contributed by atoms with Crippen LogP contribution in [-0.2, 0) is 4.84 Å². The van der Waals surface area contributed by atoms with E-state index < -0.39 is 11.9 Å². The number of aromatic nitrogens is 2. The van der Waals surface area contributed by atoms with Crippen LogP contribution in [0, 0.1) is 18.2 Å². The summed E-state index contributed by atoms with van der Waals surface area (Å²) < 4.78 is 20.9. The maximum atomic E-state index is 15.4. The number of hydrogen-bond acceptors (Lipinski definition) is 8. The molecule has 1 saturated heterocycles. The van der Waals surface area contributed by atoms with Crippen LogP contribution in [0.4, 0.5) is 26.4 Å². The molecule has 0 atom stereocenters. The van der Waals surface area contributed by atoms with E-state index in [9.17, 15) is 4.79 Å². The number of nitrogens with two attached hydrogens (primary N) is 1. The fourth-order valence-electron chi connectivity index (χ4n) is 5.53. The van der Waals surface area contributed by atoms with Crippen molar-refractivity contribution in [3.8, 4) is 17.0 Å². The van der Waals surface area contributed by atoms with Gasteiger partial charge >= 0.3 is 6.09 Å². The van der Waals surface area contributed by atoms with E-state index in [1.54, 1.807) is 23.4 Å². The minimum atomic E-state index is -0.595. The maximum absolute atomic E-state index is 15.4. The van der Waals surface area contributed by atoms with Gasteiger partial charge in [-0.25, -0.2) is 19.2 Å². The Morgan fingerprint density at radius 2 is 2.00 bits per heavy atom. The number of hydrogen-bond donors (Lipinski definition) is 3. The quantitative estimate of drug-likeness (QED) is 0.444. The number of ether oxygens (including phenoxy) is 1. The lowest BCUT2D eigenvalue weighted by Gasteiger charge is -2.47. The number of rotatable bonds is 3. The average molecular weight is 493 g/mol. The number of benzene rings is 1. The van der Waals surface area contributed by atoms with E-state index in [-0.39, 0.29) is 5.69 Å². The van der Waals surface area contributed by atoms with Crippen LogP contribution < -0.4 is 21.1 Å². The standard InChI is InChI=1S/C26H29FN6O3/c1-15-18(13-31-24-23(15)29-7-10-35-24)17-11-16-12-20(30-14-19(16)22(28)21(17)27)32-25(34)36-33-8-5-26(6-9-33)3-2-4-26/h11-14,29H,2-10,28H2,1H3,(H,30,32,34). The van der Waals surface area contributed by atoms with Crippen LogP contribution in [0.1, 0.15) is 37.7 Å². The molecule has 3 aliphatic rings. The lowest BCUT2D eigenvalue weighted by atomic mass is 9.63. The fraction of sp³-hybridized carbons (Fsp3) is 0.423. The Labute approximate surface area is 208 Å². The summed E-state index contributed by atoms with van der Waals surface area (Å²) in [6.07, 6.45) is 8.44. The minimum absolute atomic E-state index is 0.0105. The number of hydroxylamine groups is 2. The lowest BCUT2D eigenvalue weighted by molar-refractivity contribution is -0.137. The zero-order valence-electron chi connectivity index (χ0n) is 20.2. The predicted octanol–water partition coefficient (Wildman–Crippen LogP) is 4.86. The summed E-state index contributed by atoms with van der Waals surface area (Å²) in [5.41, 5.74) is 9.12. The molecule has 36 heavy (non-hydrogen) atoms. The first kappa shape index (κ1) is 22.8. The van der Waals surface area contributed by atoms with Gasteiger partial charge < -0.3 is 20.6 Å². The largest absolute Gasteiger partial charge is 0.474 e. The first-order valence-electron chi connectivity index (χ1n) is 12.4. The third-order valence-corrected chi connectivity index (χ3v) is 7.87. The first-order valence-corrected chi connectivity index (χ1v) is 12.4.